The van der Waals surface area contributed by atoms with Crippen molar-refractivity contribution in [3.05, 3.63) is 94.0 Å². The molecule has 3 aromatic rings. The zero-order valence-electron chi connectivity index (χ0n) is 20.4. The molecule has 12 heteroatoms. The molecule has 39 heavy (non-hydrogen) atoms. The Morgan fingerprint density at radius 3 is 2.36 bits per heavy atom. The van der Waals surface area contributed by atoms with E-state index in [2.05, 4.69) is 4.72 Å². The molecular formula is C27H22F5NO5S. The molecule has 0 saturated carbocycles. The highest BCUT2D eigenvalue weighted by Crippen LogP contribution is 2.45. The van der Waals surface area contributed by atoms with Gasteiger partial charge < -0.3 is 9.84 Å². The SMILES string of the molecule is CS(=O)(=O)Nc1cc(C(=O)O)cc(C2=C(c3cc(C(F)(F)F)ccc3OCc3ccc(F)cc3F)CCC2)c1. The second-order valence-corrected chi connectivity index (χ2v) is 10.8. The maximum absolute atomic E-state index is 14.1. The molecule has 0 aliphatic heterocycles. The van der Waals surface area contributed by atoms with Crippen LogP contribution >= 0.6 is 0 Å². The molecule has 1 aliphatic rings. The van der Waals surface area contributed by atoms with Gasteiger partial charge in [-0.25, -0.2) is 22.0 Å². The van der Waals surface area contributed by atoms with Crippen LogP contribution < -0.4 is 9.46 Å². The van der Waals surface area contributed by atoms with Crippen molar-refractivity contribution < 1.29 is 45.0 Å². The summed E-state index contributed by atoms with van der Waals surface area (Å²) in [7, 11) is -3.75. The number of halogens is 5. The van der Waals surface area contributed by atoms with E-state index in [-0.39, 0.29) is 34.7 Å². The molecule has 0 aromatic heterocycles. The van der Waals surface area contributed by atoms with E-state index in [0.29, 0.717) is 42.0 Å². The lowest BCUT2D eigenvalue weighted by Crippen LogP contribution is -2.11. The largest absolute Gasteiger partial charge is 0.488 e. The van der Waals surface area contributed by atoms with E-state index >= 15 is 0 Å². The number of carbonyl (C=O) groups is 1. The molecule has 6 nitrogen and oxygen atoms in total. The van der Waals surface area contributed by atoms with Gasteiger partial charge in [0.25, 0.3) is 0 Å². The second kappa shape index (κ2) is 10.7. The number of alkyl halides is 3. The van der Waals surface area contributed by atoms with Gasteiger partial charge in [0.05, 0.1) is 17.4 Å². The van der Waals surface area contributed by atoms with Crippen LogP contribution in [-0.4, -0.2) is 25.7 Å². The number of anilines is 1. The third-order valence-corrected chi connectivity index (χ3v) is 6.69. The molecule has 0 unspecified atom stereocenters. The second-order valence-electron chi connectivity index (χ2n) is 9.02. The molecule has 2 N–H and O–H groups in total. The van der Waals surface area contributed by atoms with Crippen LogP contribution in [0.4, 0.5) is 27.6 Å². The molecule has 1 aliphatic carbocycles. The number of hydrogen-bond acceptors (Lipinski definition) is 4. The first kappa shape index (κ1) is 28.1. The molecule has 0 amide bonds. The van der Waals surface area contributed by atoms with Crippen LogP contribution in [0.2, 0.25) is 0 Å². The minimum absolute atomic E-state index is 0.00600. The maximum atomic E-state index is 14.1. The summed E-state index contributed by atoms with van der Waals surface area (Å²) in [6.07, 6.45) is -2.55. The Balaban J connectivity index is 1.84. The van der Waals surface area contributed by atoms with Gasteiger partial charge in [0.15, 0.2) is 0 Å². The van der Waals surface area contributed by atoms with Crippen LogP contribution in [0.3, 0.4) is 0 Å². The molecule has 4 rings (SSSR count). The molecule has 0 bridgehead atoms. The van der Waals surface area contributed by atoms with Crippen LogP contribution in [-0.2, 0) is 22.8 Å². The summed E-state index contributed by atoms with van der Waals surface area (Å²) in [4.78, 5) is 11.7. The van der Waals surface area contributed by atoms with Crippen molar-refractivity contribution in [2.24, 2.45) is 0 Å². The zero-order chi connectivity index (χ0) is 28.5. The van der Waals surface area contributed by atoms with Crippen molar-refractivity contribution >= 4 is 32.8 Å². The van der Waals surface area contributed by atoms with E-state index < -0.39 is 39.4 Å². The number of sulfonamides is 1. The summed E-state index contributed by atoms with van der Waals surface area (Å²) < 4.78 is 99.8. The van der Waals surface area contributed by atoms with E-state index in [1.807, 2.05) is 0 Å². The van der Waals surface area contributed by atoms with Crippen LogP contribution in [0.5, 0.6) is 5.75 Å². The molecular weight excluding hydrogens is 545 g/mol. The van der Waals surface area contributed by atoms with Gasteiger partial charge in [-0.3, -0.25) is 4.72 Å². The first-order valence-corrected chi connectivity index (χ1v) is 13.5. The molecule has 206 valence electrons. The number of benzene rings is 3. The van der Waals surface area contributed by atoms with Crippen molar-refractivity contribution in [3.63, 3.8) is 0 Å². The van der Waals surface area contributed by atoms with Crippen LogP contribution in [0.25, 0.3) is 11.1 Å². The van der Waals surface area contributed by atoms with Gasteiger partial charge in [-0.2, -0.15) is 13.2 Å². The summed E-state index contributed by atoms with van der Waals surface area (Å²) >= 11 is 0. The Kier molecular flexibility index (Phi) is 7.69. The Bertz CT molecular complexity index is 1580. The van der Waals surface area contributed by atoms with Crippen LogP contribution in [0.1, 0.15) is 51.9 Å². The Morgan fingerprint density at radius 1 is 1.00 bits per heavy atom. The van der Waals surface area contributed by atoms with Gasteiger partial charge in [-0.15, -0.1) is 0 Å². The summed E-state index contributed by atoms with van der Waals surface area (Å²) in [5, 5.41) is 9.55. The molecule has 3 aromatic carbocycles. The normalized spacial score (nSPS) is 14.0. The van der Waals surface area contributed by atoms with E-state index in [1.54, 1.807) is 0 Å². The molecule has 0 atom stereocenters. The highest BCUT2D eigenvalue weighted by Gasteiger charge is 2.32. The van der Waals surface area contributed by atoms with Crippen molar-refractivity contribution in [2.75, 3.05) is 11.0 Å². The van der Waals surface area contributed by atoms with Gasteiger partial charge in [0.2, 0.25) is 10.0 Å². The highest BCUT2D eigenvalue weighted by molar-refractivity contribution is 7.92. The molecule has 0 fully saturated rings. The number of nitrogens with one attached hydrogen (secondary N) is 1. The number of carboxylic acid groups (broad SMARTS) is 1. The van der Waals surface area contributed by atoms with Gasteiger partial charge in [0.1, 0.15) is 24.0 Å². The van der Waals surface area contributed by atoms with E-state index in [4.69, 9.17) is 4.74 Å². The summed E-state index contributed by atoms with van der Waals surface area (Å²) in [5.41, 5.74) is 0.182. The van der Waals surface area contributed by atoms with Crippen molar-refractivity contribution in [1.29, 1.82) is 0 Å². The van der Waals surface area contributed by atoms with Crippen molar-refractivity contribution in [1.82, 2.24) is 0 Å². The fourth-order valence-electron chi connectivity index (χ4n) is 4.42. The Labute approximate surface area is 220 Å². The standard InChI is InChI=1S/C27H22F5NO5S/c1-39(36,37)33-20-10-16(9-17(11-20)26(34)35)21-3-2-4-22(21)23-12-18(27(30,31)32)6-8-25(23)38-14-15-5-7-19(28)13-24(15)29/h5-13,33H,2-4,14H2,1H3,(H,34,35). The van der Waals surface area contributed by atoms with Gasteiger partial charge in [-0.1, -0.05) is 0 Å². The highest BCUT2D eigenvalue weighted by atomic mass is 32.2. The number of ether oxygens (including phenoxy) is 1. The lowest BCUT2D eigenvalue weighted by molar-refractivity contribution is -0.137. The fraction of sp³-hybridized carbons (Fsp3) is 0.222. The van der Waals surface area contributed by atoms with Crippen molar-refractivity contribution in [3.8, 4) is 5.75 Å². The maximum Gasteiger partial charge on any atom is 0.416 e. The predicted octanol–water partition coefficient (Wildman–Crippen LogP) is 6.73. The van der Waals surface area contributed by atoms with Crippen LogP contribution in [0.15, 0.2) is 54.6 Å². The summed E-state index contributed by atoms with van der Waals surface area (Å²) in [5.74, 6) is -2.97. The van der Waals surface area contributed by atoms with Gasteiger partial charge in [-0.05, 0) is 84.5 Å². The number of allylic oxidation sites excluding steroid dienone is 2. The minimum Gasteiger partial charge on any atom is -0.488 e. The third-order valence-electron chi connectivity index (χ3n) is 6.08. The predicted molar refractivity (Wildman–Crippen MR) is 135 cm³/mol. The Hall–Kier alpha value is -3.93. The average molecular weight is 568 g/mol. The fourth-order valence-corrected chi connectivity index (χ4v) is 4.97. The van der Waals surface area contributed by atoms with E-state index in [9.17, 15) is 40.3 Å². The third kappa shape index (κ3) is 6.75. The smallest absolute Gasteiger partial charge is 0.416 e. The van der Waals surface area contributed by atoms with E-state index in [0.717, 1.165) is 36.6 Å². The van der Waals surface area contributed by atoms with Gasteiger partial charge in [0, 0.05) is 22.9 Å². The molecule has 0 radical (unpaired) electrons. The number of rotatable bonds is 8. The van der Waals surface area contributed by atoms with E-state index in [1.165, 1.54) is 18.2 Å². The summed E-state index contributed by atoms with van der Waals surface area (Å²) in [6, 6.07) is 9.59. The molecule has 0 saturated heterocycles. The lowest BCUT2D eigenvalue weighted by atomic mass is 9.94. The topological polar surface area (TPSA) is 92.7 Å². The molecule has 0 heterocycles. The quantitative estimate of drug-likeness (QED) is 0.295. The number of hydrogen-bond donors (Lipinski definition) is 2. The lowest BCUT2D eigenvalue weighted by Gasteiger charge is -2.18. The average Bonchev–Trinajstić information content (AvgIpc) is 3.31. The first-order chi connectivity index (χ1) is 18.2. The first-order valence-electron chi connectivity index (χ1n) is 11.6. The Morgan fingerprint density at radius 2 is 1.72 bits per heavy atom. The zero-order valence-corrected chi connectivity index (χ0v) is 21.2. The molecule has 0 spiro atoms. The monoisotopic (exact) mass is 567 g/mol. The minimum atomic E-state index is -4.68. The van der Waals surface area contributed by atoms with Crippen molar-refractivity contribution in [2.45, 2.75) is 32.0 Å². The van der Waals surface area contributed by atoms with Crippen LogP contribution in [0, 0.1) is 11.6 Å². The van der Waals surface area contributed by atoms with Gasteiger partial charge >= 0.3 is 12.1 Å². The number of carboxylic acids is 1. The number of aromatic carboxylic acids is 1. The summed E-state index contributed by atoms with van der Waals surface area (Å²) in [6.45, 7) is -0.385.